The Balaban J connectivity index is 1.71. The number of hydrogen-bond donors (Lipinski definition) is 1. The van der Waals surface area contributed by atoms with Crippen LogP contribution in [0.5, 0.6) is 0 Å². The van der Waals surface area contributed by atoms with Crippen LogP contribution in [0.1, 0.15) is 22.3 Å². The standard InChI is InChI=1S/C20H20N4O2S/c1-12-7-16(27(25,26)24-10-14(8-21)11-24)4-6-17(12)18-5-3-15-9-23-20(22)19(15)13(18)2/h3-7,14H,9-11H2,1-2H3,(H2,22,23). The lowest BCUT2D eigenvalue weighted by molar-refractivity contribution is 0.248. The first-order chi connectivity index (χ1) is 12.8. The van der Waals surface area contributed by atoms with Gasteiger partial charge in [-0.1, -0.05) is 18.2 Å². The van der Waals surface area contributed by atoms with Crippen LogP contribution in [0.4, 0.5) is 0 Å². The number of amidine groups is 1. The van der Waals surface area contributed by atoms with Crippen molar-refractivity contribution in [1.29, 1.82) is 5.26 Å². The van der Waals surface area contributed by atoms with Gasteiger partial charge in [0.25, 0.3) is 0 Å². The summed E-state index contributed by atoms with van der Waals surface area (Å²) < 4.78 is 26.8. The molecule has 2 aromatic carbocycles. The van der Waals surface area contributed by atoms with Crippen LogP contribution in [0.2, 0.25) is 0 Å². The fourth-order valence-corrected chi connectivity index (χ4v) is 5.38. The van der Waals surface area contributed by atoms with Crippen LogP contribution in [0.15, 0.2) is 40.2 Å². The molecule has 0 spiro atoms. The summed E-state index contributed by atoms with van der Waals surface area (Å²) in [5, 5.41) is 8.87. The molecule has 2 heterocycles. The van der Waals surface area contributed by atoms with Gasteiger partial charge in [-0.2, -0.15) is 9.57 Å². The lowest BCUT2D eigenvalue weighted by Gasteiger charge is -2.34. The van der Waals surface area contributed by atoms with Crippen molar-refractivity contribution >= 4 is 15.9 Å². The Bertz CT molecular complexity index is 1120. The maximum atomic E-state index is 12.7. The fourth-order valence-electron chi connectivity index (χ4n) is 3.76. The number of sulfonamides is 1. The van der Waals surface area contributed by atoms with Gasteiger partial charge >= 0.3 is 0 Å². The SMILES string of the molecule is Cc1cc(S(=O)(=O)N2CC(C#N)C2)ccc1-c1ccc2c(c1C)C(N)=NC2. The van der Waals surface area contributed by atoms with E-state index in [-0.39, 0.29) is 23.9 Å². The van der Waals surface area contributed by atoms with Crippen molar-refractivity contribution in [3.05, 3.63) is 52.6 Å². The second-order valence-corrected chi connectivity index (χ2v) is 9.04. The normalized spacial score (nSPS) is 17.1. The second kappa shape index (κ2) is 6.19. The highest BCUT2D eigenvalue weighted by Gasteiger charge is 2.36. The zero-order valence-corrected chi connectivity index (χ0v) is 16.0. The van der Waals surface area contributed by atoms with Crippen molar-refractivity contribution in [2.24, 2.45) is 16.6 Å². The summed E-state index contributed by atoms with van der Waals surface area (Å²) in [5.41, 5.74) is 12.1. The van der Waals surface area contributed by atoms with E-state index in [1.807, 2.05) is 32.0 Å². The molecule has 0 aliphatic carbocycles. The fraction of sp³-hybridized carbons (Fsp3) is 0.300. The summed E-state index contributed by atoms with van der Waals surface area (Å²) in [6.45, 7) is 5.07. The van der Waals surface area contributed by atoms with E-state index in [0.29, 0.717) is 12.4 Å². The van der Waals surface area contributed by atoms with Gasteiger partial charge in [0.1, 0.15) is 5.84 Å². The number of rotatable bonds is 3. The summed E-state index contributed by atoms with van der Waals surface area (Å²) in [4.78, 5) is 4.57. The predicted octanol–water partition coefficient (Wildman–Crippen LogP) is 2.33. The summed E-state index contributed by atoms with van der Waals surface area (Å²) in [6, 6.07) is 11.4. The molecule has 2 aliphatic rings. The molecular formula is C20H20N4O2S. The van der Waals surface area contributed by atoms with Crippen molar-refractivity contribution in [3.63, 3.8) is 0 Å². The number of nitrogens with two attached hydrogens (primary N) is 1. The predicted molar refractivity (Wildman–Crippen MR) is 104 cm³/mol. The Morgan fingerprint density at radius 2 is 1.89 bits per heavy atom. The molecule has 2 aliphatic heterocycles. The summed E-state index contributed by atoms with van der Waals surface area (Å²) in [6.07, 6.45) is 0. The highest BCUT2D eigenvalue weighted by atomic mass is 32.2. The van der Waals surface area contributed by atoms with E-state index in [2.05, 4.69) is 11.1 Å². The molecule has 0 amide bonds. The van der Waals surface area contributed by atoms with E-state index < -0.39 is 10.0 Å². The van der Waals surface area contributed by atoms with Gasteiger partial charge in [-0.15, -0.1) is 0 Å². The van der Waals surface area contributed by atoms with Gasteiger partial charge in [0.05, 0.1) is 23.4 Å². The third-order valence-corrected chi connectivity index (χ3v) is 7.21. The van der Waals surface area contributed by atoms with Crippen LogP contribution in [0.3, 0.4) is 0 Å². The highest BCUT2D eigenvalue weighted by Crippen LogP contribution is 2.34. The summed E-state index contributed by atoms with van der Waals surface area (Å²) in [5.74, 6) is 0.354. The van der Waals surface area contributed by atoms with Gasteiger partial charge in [-0.05, 0) is 53.8 Å². The van der Waals surface area contributed by atoms with Crippen LogP contribution in [-0.4, -0.2) is 31.6 Å². The highest BCUT2D eigenvalue weighted by molar-refractivity contribution is 7.89. The molecule has 7 heteroatoms. The molecule has 0 bridgehead atoms. The monoisotopic (exact) mass is 380 g/mol. The van der Waals surface area contributed by atoms with Gasteiger partial charge in [-0.25, -0.2) is 8.42 Å². The molecule has 0 radical (unpaired) electrons. The second-order valence-electron chi connectivity index (χ2n) is 7.10. The van der Waals surface area contributed by atoms with Gasteiger partial charge in [-0.3, -0.25) is 4.99 Å². The minimum Gasteiger partial charge on any atom is -0.383 e. The van der Waals surface area contributed by atoms with E-state index in [1.54, 1.807) is 12.1 Å². The minimum absolute atomic E-state index is 0.207. The number of fused-ring (bicyclic) bond motifs is 1. The van der Waals surface area contributed by atoms with Crippen molar-refractivity contribution < 1.29 is 8.42 Å². The molecule has 138 valence electrons. The Morgan fingerprint density at radius 3 is 2.56 bits per heavy atom. The van der Waals surface area contributed by atoms with Gasteiger partial charge in [0.15, 0.2) is 0 Å². The molecular weight excluding hydrogens is 360 g/mol. The molecule has 27 heavy (non-hydrogen) atoms. The van der Waals surface area contributed by atoms with Gasteiger partial charge in [0, 0.05) is 18.7 Å². The molecule has 2 aromatic rings. The first-order valence-corrected chi connectivity index (χ1v) is 10.2. The molecule has 1 fully saturated rings. The lowest BCUT2D eigenvalue weighted by Crippen LogP contribution is -2.49. The Morgan fingerprint density at radius 1 is 1.19 bits per heavy atom. The molecule has 4 rings (SSSR count). The van der Waals surface area contributed by atoms with E-state index in [1.165, 1.54) is 4.31 Å². The number of hydrogen-bond acceptors (Lipinski definition) is 5. The van der Waals surface area contributed by atoms with E-state index in [0.717, 1.165) is 33.4 Å². The molecule has 1 saturated heterocycles. The average molecular weight is 380 g/mol. The number of nitrogens with zero attached hydrogens (tertiary/aromatic N) is 3. The average Bonchev–Trinajstić information content (AvgIpc) is 2.96. The Hall–Kier alpha value is -2.69. The van der Waals surface area contributed by atoms with Crippen LogP contribution in [0, 0.1) is 31.1 Å². The Labute approximate surface area is 159 Å². The topological polar surface area (TPSA) is 99.5 Å². The third kappa shape index (κ3) is 2.73. The number of aryl methyl sites for hydroxylation is 1. The molecule has 0 unspecified atom stereocenters. The summed E-state index contributed by atoms with van der Waals surface area (Å²) in [7, 11) is -3.55. The van der Waals surface area contributed by atoms with Crippen LogP contribution >= 0.6 is 0 Å². The lowest BCUT2D eigenvalue weighted by atomic mass is 9.91. The minimum atomic E-state index is -3.55. The summed E-state index contributed by atoms with van der Waals surface area (Å²) >= 11 is 0. The number of nitriles is 1. The maximum Gasteiger partial charge on any atom is 0.243 e. The number of benzene rings is 2. The Kier molecular flexibility index (Phi) is 4.06. The van der Waals surface area contributed by atoms with E-state index >= 15 is 0 Å². The van der Waals surface area contributed by atoms with Crippen molar-refractivity contribution in [1.82, 2.24) is 4.31 Å². The van der Waals surface area contributed by atoms with Crippen molar-refractivity contribution in [2.45, 2.75) is 25.3 Å². The van der Waals surface area contributed by atoms with E-state index in [9.17, 15) is 8.42 Å². The number of aliphatic imine (C=N–C) groups is 1. The third-order valence-electron chi connectivity index (χ3n) is 5.38. The van der Waals surface area contributed by atoms with E-state index in [4.69, 9.17) is 11.0 Å². The van der Waals surface area contributed by atoms with Crippen LogP contribution in [0.25, 0.3) is 11.1 Å². The molecule has 6 nitrogen and oxygen atoms in total. The van der Waals surface area contributed by atoms with Crippen LogP contribution in [-0.2, 0) is 16.6 Å². The maximum absolute atomic E-state index is 12.7. The molecule has 0 atom stereocenters. The molecule has 0 aromatic heterocycles. The first-order valence-electron chi connectivity index (χ1n) is 8.76. The van der Waals surface area contributed by atoms with Gasteiger partial charge < -0.3 is 5.73 Å². The zero-order valence-electron chi connectivity index (χ0n) is 15.2. The molecule has 0 saturated carbocycles. The quantitative estimate of drug-likeness (QED) is 0.883. The van der Waals surface area contributed by atoms with Gasteiger partial charge in [0.2, 0.25) is 10.0 Å². The van der Waals surface area contributed by atoms with Crippen molar-refractivity contribution in [3.8, 4) is 17.2 Å². The largest absolute Gasteiger partial charge is 0.383 e. The van der Waals surface area contributed by atoms with Crippen molar-refractivity contribution in [2.75, 3.05) is 13.1 Å². The first kappa shape index (κ1) is 17.7. The zero-order chi connectivity index (χ0) is 19.3. The smallest absolute Gasteiger partial charge is 0.243 e. The van der Waals surface area contributed by atoms with Crippen LogP contribution < -0.4 is 5.73 Å². The molecule has 2 N–H and O–H groups in total.